The topological polar surface area (TPSA) is 77.2 Å². The van der Waals surface area contributed by atoms with E-state index in [0.717, 1.165) is 29.0 Å². The number of aromatic nitrogens is 2. The van der Waals surface area contributed by atoms with Crippen LogP contribution in [0.25, 0.3) is 0 Å². The highest BCUT2D eigenvalue weighted by atomic mass is 32.2. The fourth-order valence-corrected chi connectivity index (χ4v) is 3.47. The second kappa shape index (κ2) is 10.3. The molecule has 1 aromatic heterocycles. The summed E-state index contributed by atoms with van der Waals surface area (Å²) in [5.74, 6) is 1.62. The van der Waals surface area contributed by atoms with E-state index >= 15 is 0 Å². The monoisotopic (exact) mass is 425 g/mol. The van der Waals surface area contributed by atoms with E-state index in [1.54, 1.807) is 0 Å². The average molecular weight is 426 g/mol. The third kappa shape index (κ3) is 6.10. The number of anilines is 1. The molecule has 0 saturated heterocycles. The maximum absolute atomic E-state index is 12.1. The van der Waals surface area contributed by atoms with Crippen LogP contribution in [0.15, 0.2) is 52.1 Å². The number of hydrogen-bond donors (Lipinski definition) is 1. The lowest BCUT2D eigenvalue weighted by Gasteiger charge is -2.13. The number of aryl methyl sites for hydroxylation is 2. The van der Waals surface area contributed by atoms with Crippen LogP contribution in [0.3, 0.4) is 0 Å². The maximum Gasteiger partial charge on any atom is 0.277 e. The van der Waals surface area contributed by atoms with Crippen molar-refractivity contribution in [3.05, 3.63) is 65.0 Å². The molecule has 0 saturated carbocycles. The highest BCUT2D eigenvalue weighted by molar-refractivity contribution is 7.99. The second-order valence-electron chi connectivity index (χ2n) is 7.33. The van der Waals surface area contributed by atoms with E-state index in [-0.39, 0.29) is 18.3 Å². The predicted molar refractivity (Wildman–Crippen MR) is 119 cm³/mol. The van der Waals surface area contributed by atoms with Crippen LogP contribution in [0, 0.1) is 6.92 Å². The van der Waals surface area contributed by atoms with E-state index in [0.29, 0.717) is 17.0 Å². The molecule has 1 amide bonds. The normalized spacial score (nSPS) is 11.0. The van der Waals surface area contributed by atoms with Gasteiger partial charge >= 0.3 is 0 Å². The SMILES string of the molecule is CCc1ccc(NC(=O)CSc2nnc(COc3cc(C)ccc3C(C)C)o2)cc1. The molecule has 0 aliphatic rings. The molecule has 0 bridgehead atoms. The Morgan fingerprint density at radius 3 is 2.63 bits per heavy atom. The summed E-state index contributed by atoms with van der Waals surface area (Å²) < 4.78 is 11.5. The molecule has 3 rings (SSSR count). The number of hydrogen-bond acceptors (Lipinski definition) is 6. The van der Waals surface area contributed by atoms with Crippen molar-refractivity contribution in [1.29, 1.82) is 0 Å². The first-order valence-electron chi connectivity index (χ1n) is 10.0. The van der Waals surface area contributed by atoms with Gasteiger partial charge in [-0.3, -0.25) is 4.79 Å². The van der Waals surface area contributed by atoms with Crippen LogP contribution in [-0.2, 0) is 17.8 Å². The summed E-state index contributed by atoms with van der Waals surface area (Å²) in [6, 6.07) is 14.0. The van der Waals surface area contributed by atoms with Crippen molar-refractivity contribution >= 4 is 23.4 Å². The van der Waals surface area contributed by atoms with Crippen molar-refractivity contribution in [3.63, 3.8) is 0 Å². The third-order valence-electron chi connectivity index (χ3n) is 4.56. The Morgan fingerprint density at radius 1 is 1.17 bits per heavy atom. The van der Waals surface area contributed by atoms with Crippen LogP contribution in [0.2, 0.25) is 0 Å². The first-order valence-corrected chi connectivity index (χ1v) is 11.0. The number of nitrogens with one attached hydrogen (secondary N) is 1. The van der Waals surface area contributed by atoms with Crippen LogP contribution in [0.1, 0.15) is 49.3 Å². The largest absolute Gasteiger partial charge is 0.484 e. The average Bonchev–Trinajstić information content (AvgIpc) is 3.19. The Bertz CT molecular complexity index is 984. The van der Waals surface area contributed by atoms with Gasteiger partial charge in [-0.2, -0.15) is 0 Å². The smallest absolute Gasteiger partial charge is 0.277 e. The number of benzene rings is 2. The fourth-order valence-electron chi connectivity index (χ4n) is 2.89. The number of rotatable bonds is 9. The Morgan fingerprint density at radius 2 is 1.93 bits per heavy atom. The molecule has 0 radical (unpaired) electrons. The van der Waals surface area contributed by atoms with Crippen LogP contribution in [0.5, 0.6) is 5.75 Å². The molecule has 0 aliphatic heterocycles. The van der Waals surface area contributed by atoms with Crippen molar-refractivity contribution in [2.75, 3.05) is 11.1 Å². The minimum atomic E-state index is -0.124. The van der Waals surface area contributed by atoms with Crippen LogP contribution >= 0.6 is 11.8 Å². The first kappa shape index (κ1) is 21.9. The van der Waals surface area contributed by atoms with Gasteiger partial charge in [0, 0.05) is 5.69 Å². The van der Waals surface area contributed by atoms with E-state index in [2.05, 4.69) is 48.4 Å². The van der Waals surface area contributed by atoms with Gasteiger partial charge in [0.05, 0.1) is 5.75 Å². The van der Waals surface area contributed by atoms with Gasteiger partial charge in [-0.15, -0.1) is 10.2 Å². The summed E-state index contributed by atoms with van der Waals surface area (Å²) in [6.07, 6.45) is 0.968. The van der Waals surface area contributed by atoms with Gasteiger partial charge in [0.15, 0.2) is 6.61 Å². The molecule has 2 aromatic carbocycles. The summed E-state index contributed by atoms with van der Waals surface area (Å²) >= 11 is 1.20. The zero-order valence-electron chi connectivity index (χ0n) is 17.8. The maximum atomic E-state index is 12.1. The van der Waals surface area contributed by atoms with Crippen LogP contribution in [-0.4, -0.2) is 21.9 Å². The van der Waals surface area contributed by atoms with Gasteiger partial charge in [-0.05, 0) is 54.2 Å². The lowest BCUT2D eigenvalue weighted by molar-refractivity contribution is -0.113. The molecule has 6 nitrogen and oxygen atoms in total. The zero-order chi connectivity index (χ0) is 21.5. The summed E-state index contributed by atoms with van der Waals surface area (Å²) in [6.45, 7) is 8.57. The van der Waals surface area contributed by atoms with Crippen molar-refractivity contribution < 1.29 is 13.9 Å². The van der Waals surface area contributed by atoms with Crippen molar-refractivity contribution in [1.82, 2.24) is 10.2 Å². The first-order chi connectivity index (χ1) is 14.4. The lowest BCUT2D eigenvalue weighted by Crippen LogP contribution is -2.13. The summed E-state index contributed by atoms with van der Waals surface area (Å²) in [5, 5.41) is 11.2. The Kier molecular flexibility index (Phi) is 7.52. The fraction of sp³-hybridized carbons (Fsp3) is 0.348. The Labute approximate surface area is 181 Å². The minimum Gasteiger partial charge on any atom is -0.484 e. The highest BCUT2D eigenvalue weighted by Gasteiger charge is 2.13. The zero-order valence-corrected chi connectivity index (χ0v) is 18.6. The van der Waals surface area contributed by atoms with Gasteiger partial charge in [-0.1, -0.05) is 56.8 Å². The third-order valence-corrected chi connectivity index (χ3v) is 5.38. The van der Waals surface area contributed by atoms with Gasteiger partial charge < -0.3 is 14.5 Å². The van der Waals surface area contributed by atoms with E-state index in [1.165, 1.54) is 17.3 Å². The Hall–Kier alpha value is -2.80. The van der Waals surface area contributed by atoms with Crippen molar-refractivity contribution in [3.8, 4) is 5.75 Å². The van der Waals surface area contributed by atoms with Crippen LogP contribution in [0.4, 0.5) is 5.69 Å². The van der Waals surface area contributed by atoms with E-state index in [9.17, 15) is 4.79 Å². The van der Waals surface area contributed by atoms with Gasteiger partial charge in [-0.25, -0.2) is 0 Å². The molecule has 30 heavy (non-hydrogen) atoms. The molecule has 1 N–H and O–H groups in total. The molecule has 0 atom stereocenters. The van der Waals surface area contributed by atoms with Gasteiger partial charge in [0.1, 0.15) is 5.75 Å². The molecule has 0 aliphatic carbocycles. The van der Waals surface area contributed by atoms with Crippen LogP contribution < -0.4 is 10.1 Å². The van der Waals surface area contributed by atoms with E-state index < -0.39 is 0 Å². The van der Waals surface area contributed by atoms with E-state index in [4.69, 9.17) is 9.15 Å². The molecule has 7 heteroatoms. The molecule has 0 unspecified atom stereocenters. The number of ether oxygens (including phenoxy) is 1. The number of carbonyl (C=O) groups is 1. The Balaban J connectivity index is 1.50. The minimum absolute atomic E-state index is 0.124. The lowest BCUT2D eigenvalue weighted by atomic mass is 10.0. The van der Waals surface area contributed by atoms with E-state index in [1.807, 2.05) is 37.3 Å². The van der Waals surface area contributed by atoms with Crippen molar-refractivity contribution in [2.45, 2.75) is 51.9 Å². The highest BCUT2D eigenvalue weighted by Crippen LogP contribution is 2.28. The number of nitrogens with zero attached hydrogens (tertiary/aromatic N) is 2. The summed E-state index contributed by atoms with van der Waals surface area (Å²) in [4.78, 5) is 12.1. The number of amides is 1. The molecular weight excluding hydrogens is 398 g/mol. The number of thioether (sulfide) groups is 1. The summed E-state index contributed by atoms with van der Waals surface area (Å²) in [7, 11) is 0. The van der Waals surface area contributed by atoms with Gasteiger partial charge in [0.25, 0.3) is 11.1 Å². The molecule has 3 aromatic rings. The number of carbonyl (C=O) groups excluding carboxylic acids is 1. The predicted octanol–water partition coefficient (Wildman–Crippen LogP) is 5.37. The molecule has 158 valence electrons. The molecule has 0 spiro atoms. The van der Waals surface area contributed by atoms with Gasteiger partial charge in [0.2, 0.25) is 5.91 Å². The quantitative estimate of drug-likeness (QED) is 0.464. The summed E-state index contributed by atoms with van der Waals surface area (Å²) in [5.41, 5.74) is 4.27. The second-order valence-corrected chi connectivity index (χ2v) is 8.26. The molecular formula is C23H27N3O3S. The molecule has 1 heterocycles. The standard InChI is InChI=1S/C23H27N3O3S/c1-5-17-7-9-18(10-8-17)24-21(27)14-30-23-26-25-22(29-23)13-28-20-12-16(4)6-11-19(20)15(2)3/h6-12,15H,5,13-14H2,1-4H3,(H,24,27). The molecule has 0 fully saturated rings. The van der Waals surface area contributed by atoms with Crippen molar-refractivity contribution in [2.24, 2.45) is 0 Å².